The van der Waals surface area contributed by atoms with Crippen molar-refractivity contribution in [3.05, 3.63) is 60.2 Å². The molecule has 0 amide bonds. The maximum atomic E-state index is 15.5. The fraction of sp³-hybridized carbons (Fsp3) is 0.368. The van der Waals surface area contributed by atoms with Crippen molar-refractivity contribution in [1.82, 2.24) is 0 Å². The highest BCUT2D eigenvalue weighted by Crippen LogP contribution is 2.66. The van der Waals surface area contributed by atoms with E-state index in [4.69, 9.17) is 13.8 Å². The maximum absolute atomic E-state index is 15.5. The van der Waals surface area contributed by atoms with Gasteiger partial charge in [0.1, 0.15) is 11.8 Å². The number of hydrogen-bond donors (Lipinski definition) is 1. The predicted molar refractivity (Wildman–Crippen MR) is 102 cm³/mol. The Morgan fingerprint density at radius 3 is 2.04 bits per heavy atom. The number of para-hydroxylation sites is 1. The van der Waals surface area contributed by atoms with E-state index in [-0.39, 0.29) is 18.8 Å². The fourth-order valence-corrected chi connectivity index (χ4v) is 4.20. The SMILES string of the molecule is CCOP(=O)(OCC)C(F)(F)C(Nc1ccccc1)c1ccc(OC)cc1. The Bertz CT molecular complexity index is 746. The molecule has 2 aromatic rings. The topological polar surface area (TPSA) is 56.8 Å². The first-order valence-electron chi connectivity index (χ1n) is 8.60. The van der Waals surface area contributed by atoms with Gasteiger partial charge in [-0.3, -0.25) is 4.57 Å². The number of ether oxygens (including phenoxy) is 1. The number of alkyl halides is 2. The van der Waals surface area contributed by atoms with Crippen LogP contribution in [0.25, 0.3) is 0 Å². The van der Waals surface area contributed by atoms with Crippen LogP contribution in [-0.2, 0) is 13.6 Å². The molecular formula is C19H24F2NO4P. The number of halogens is 2. The van der Waals surface area contributed by atoms with Crippen LogP contribution >= 0.6 is 7.60 Å². The Balaban J connectivity index is 2.50. The molecule has 8 heteroatoms. The van der Waals surface area contributed by atoms with Gasteiger partial charge in [-0.2, -0.15) is 8.78 Å². The molecule has 0 aromatic heterocycles. The predicted octanol–water partition coefficient (Wildman–Crippen LogP) is 5.71. The zero-order valence-corrected chi connectivity index (χ0v) is 16.4. The van der Waals surface area contributed by atoms with Crippen LogP contribution in [0.3, 0.4) is 0 Å². The van der Waals surface area contributed by atoms with Crippen molar-refractivity contribution in [1.29, 1.82) is 0 Å². The van der Waals surface area contributed by atoms with Crippen molar-refractivity contribution < 1.29 is 27.1 Å². The van der Waals surface area contributed by atoms with Gasteiger partial charge in [-0.25, -0.2) is 0 Å². The Labute approximate surface area is 158 Å². The second-order valence-electron chi connectivity index (χ2n) is 5.64. The van der Waals surface area contributed by atoms with Gasteiger partial charge >= 0.3 is 13.3 Å². The van der Waals surface area contributed by atoms with Gasteiger partial charge in [0, 0.05) is 5.69 Å². The second-order valence-corrected chi connectivity index (χ2v) is 7.74. The molecule has 0 aliphatic carbocycles. The van der Waals surface area contributed by atoms with E-state index in [1.165, 1.54) is 33.1 Å². The maximum Gasteiger partial charge on any atom is 0.402 e. The molecule has 1 N–H and O–H groups in total. The zero-order valence-electron chi connectivity index (χ0n) is 15.5. The minimum absolute atomic E-state index is 0.159. The van der Waals surface area contributed by atoms with Crippen LogP contribution in [0, 0.1) is 0 Å². The lowest BCUT2D eigenvalue weighted by Gasteiger charge is -2.33. The fourth-order valence-electron chi connectivity index (χ4n) is 2.58. The van der Waals surface area contributed by atoms with E-state index >= 15 is 8.78 Å². The minimum atomic E-state index is -4.73. The van der Waals surface area contributed by atoms with E-state index in [0.717, 1.165) is 0 Å². The minimum Gasteiger partial charge on any atom is -0.497 e. The van der Waals surface area contributed by atoms with Crippen molar-refractivity contribution >= 4 is 13.3 Å². The van der Waals surface area contributed by atoms with E-state index in [1.807, 2.05) is 0 Å². The first-order chi connectivity index (χ1) is 12.9. The van der Waals surface area contributed by atoms with Gasteiger partial charge < -0.3 is 19.1 Å². The lowest BCUT2D eigenvalue weighted by molar-refractivity contribution is 0.0218. The third-order valence-corrected chi connectivity index (χ3v) is 6.03. The van der Waals surface area contributed by atoms with Gasteiger partial charge in [-0.15, -0.1) is 0 Å². The molecule has 1 atom stereocenters. The Hall–Kier alpha value is -1.95. The van der Waals surface area contributed by atoms with E-state index in [9.17, 15) is 4.57 Å². The highest BCUT2D eigenvalue weighted by atomic mass is 31.2. The van der Waals surface area contributed by atoms with Gasteiger partial charge in [0.2, 0.25) is 0 Å². The summed E-state index contributed by atoms with van der Waals surface area (Å²) >= 11 is 0. The number of nitrogens with one attached hydrogen (secondary N) is 1. The summed E-state index contributed by atoms with van der Waals surface area (Å²) in [5.74, 6) is 0.526. The van der Waals surface area contributed by atoms with E-state index < -0.39 is 19.3 Å². The van der Waals surface area contributed by atoms with Gasteiger partial charge in [0.25, 0.3) is 0 Å². The molecule has 0 bridgehead atoms. The molecular weight excluding hydrogens is 375 g/mol. The molecule has 0 aliphatic rings. The lowest BCUT2D eigenvalue weighted by atomic mass is 10.1. The lowest BCUT2D eigenvalue weighted by Crippen LogP contribution is -2.34. The number of benzene rings is 2. The molecule has 0 saturated carbocycles. The summed E-state index contributed by atoms with van der Waals surface area (Å²) in [5, 5.41) is 2.77. The van der Waals surface area contributed by atoms with Crippen LogP contribution < -0.4 is 10.1 Å². The monoisotopic (exact) mass is 399 g/mol. The van der Waals surface area contributed by atoms with Gasteiger partial charge in [0.05, 0.1) is 20.3 Å². The van der Waals surface area contributed by atoms with Crippen molar-refractivity contribution in [2.45, 2.75) is 25.6 Å². The standard InChI is InChI=1S/C19H24F2NO4P/c1-4-25-27(23,26-5-2)19(20,21)18(22-16-9-7-6-8-10-16)15-11-13-17(24-3)14-12-15/h6-14,18,22H,4-5H2,1-3H3. The van der Waals surface area contributed by atoms with Crippen molar-refractivity contribution in [3.63, 3.8) is 0 Å². The summed E-state index contributed by atoms with van der Waals surface area (Å²) < 4.78 is 58.8. The van der Waals surface area contributed by atoms with Crippen LogP contribution in [0.2, 0.25) is 0 Å². The summed E-state index contributed by atoms with van der Waals surface area (Å²) in [6.07, 6.45) is 0. The molecule has 0 fully saturated rings. The first-order valence-corrected chi connectivity index (χ1v) is 10.1. The number of methoxy groups -OCH3 is 1. The number of hydrogen-bond acceptors (Lipinski definition) is 5. The highest BCUT2D eigenvalue weighted by molar-refractivity contribution is 7.55. The third-order valence-electron chi connectivity index (χ3n) is 3.84. The molecule has 0 spiro atoms. The van der Waals surface area contributed by atoms with E-state index in [2.05, 4.69) is 5.32 Å². The average molecular weight is 399 g/mol. The van der Waals surface area contributed by atoms with Gasteiger partial charge in [-0.05, 0) is 43.7 Å². The Kier molecular flexibility index (Phi) is 7.36. The number of anilines is 1. The molecule has 2 aromatic carbocycles. The summed E-state index contributed by atoms with van der Waals surface area (Å²) in [7, 11) is -3.24. The molecule has 0 radical (unpaired) electrons. The van der Waals surface area contributed by atoms with Crippen molar-refractivity contribution in [2.24, 2.45) is 0 Å². The van der Waals surface area contributed by atoms with Crippen LogP contribution in [-0.4, -0.2) is 26.0 Å². The summed E-state index contributed by atoms with van der Waals surface area (Å²) in [6.45, 7) is 2.67. The summed E-state index contributed by atoms with van der Waals surface area (Å²) in [6, 6.07) is 13.0. The van der Waals surface area contributed by atoms with Crippen molar-refractivity contribution in [2.75, 3.05) is 25.6 Å². The molecule has 0 heterocycles. The van der Waals surface area contributed by atoms with Gasteiger partial charge in [0.15, 0.2) is 0 Å². The first kappa shape index (κ1) is 21.4. The smallest absolute Gasteiger partial charge is 0.402 e. The van der Waals surface area contributed by atoms with Crippen molar-refractivity contribution in [3.8, 4) is 5.75 Å². The Morgan fingerprint density at radius 2 is 1.56 bits per heavy atom. The summed E-state index contributed by atoms with van der Waals surface area (Å²) in [4.78, 5) is 0. The van der Waals surface area contributed by atoms with Crippen LogP contribution in [0.5, 0.6) is 5.75 Å². The van der Waals surface area contributed by atoms with E-state index in [1.54, 1.807) is 42.5 Å². The molecule has 5 nitrogen and oxygen atoms in total. The van der Waals surface area contributed by atoms with Crippen LogP contribution in [0.15, 0.2) is 54.6 Å². The molecule has 0 saturated heterocycles. The normalized spacial score (nSPS) is 13.2. The largest absolute Gasteiger partial charge is 0.497 e. The average Bonchev–Trinajstić information content (AvgIpc) is 2.67. The van der Waals surface area contributed by atoms with Crippen LogP contribution in [0.4, 0.5) is 14.5 Å². The molecule has 2 rings (SSSR count). The summed E-state index contributed by atoms with van der Waals surface area (Å²) in [5.41, 5.74) is -3.13. The number of rotatable bonds is 10. The third kappa shape index (κ3) is 4.86. The second kappa shape index (κ2) is 9.31. The highest BCUT2D eigenvalue weighted by Gasteiger charge is 2.59. The Morgan fingerprint density at radius 1 is 1.00 bits per heavy atom. The quantitative estimate of drug-likeness (QED) is 0.519. The molecule has 0 aliphatic heterocycles. The molecule has 27 heavy (non-hydrogen) atoms. The van der Waals surface area contributed by atoms with Gasteiger partial charge in [-0.1, -0.05) is 30.3 Å². The van der Waals surface area contributed by atoms with E-state index in [0.29, 0.717) is 11.4 Å². The molecule has 148 valence electrons. The molecule has 1 unspecified atom stereocenters. The van der Waals surface area contributed by atoms with Crippen LogP contribution in [0.1, 0.15) is 25.5 Å². The zero-order chi connectivity index (χ0) is 19.9.